The summed E-state index contributed by atoms with van der Waals surface area (Å²) in [6, 6.07) is 14.7. The summed E-state index contributed by atoms with van der Waals surface area (Å²) in [5.41, 5.74) is 3.46. The summed E-state index contributed by atoms with van der Waals surface area (Å²) in [6.07, 6.45) is 0. The smallest absolute Gasteiger partial charge is 0.328 e. The fourth-order valence-corrected chi connectivity index (χ4v) is 3.10. The van der Waals surface area contributed by atoms with Crippen molar-refractivity contribution >= 4 is 29.3 Å². The Morgan fingerprint density at radius 1 is 0.970 bits per heavy atom. The Bertz CT molecular complexity index is 1140. The highest BCUT2D eigenvalue weighted by molar-refractivity contribution is 6.00. The maximum Gasteiger partial charge on any atom is 0.328 e. The van der Waals surface area contributed by atoms with Gasteiger partial charge in [-0.15, -0.1) is 0 Å². The van der Waals surface area contributed by atoms with Gasteiger partial charge in [0.15, 0.2) is 0 Å². The Kier molecular flexibility index (Phi) is 7.45. The van der Waals surface area contributed by atoms with E-state index in [0.29, 0.717) is 22.6 Å². The van der Waals surface area contributed by atoms with Crippen LogP contribution in [-0.2, 0) is 9.53 Å². The molecule has 3 N–H and O–H groups in total. The van der Waals surface area contributed by atoms with Gasteiger partial charge in [0.25, 0.3) is 5.91 Å². The Morgan fingerprint density at radius 3 is 2.30 bits per heavy atom. The van der Waals surface area contributed by atoms with Gasteiger partial charge in [0, 0.05) is 23.0 Å². The van der Waals surface area contributed by atoms with Crippen LogP contribution in [0.15, 0.2) is 59.1 Å². The second-order valence-corrected chi connectivity index (χ2v) is 7.82. The molecular formula is C24H26N4O5. The maximum absolute atomic E-state index is 12.5. The molecule has 0 saturated heterocycles. The molecule has 9 nitrogen and oxygen atoms in total. The number of carbonyl (C=O) groups excluding carboxylic acids is 3. The van der Waals surface area contributed by atoms with Gasteiger partial charge >= 0.3 is 12.0 Å². The minimum Gasteiger partial charge on any atom is -0.467 e. The molecule has 2 aromatic carbocycles. The zero-order chi connectivity index (χ0) is 24.0. The Labute approximate surface area is 191 Å². The number of hydrogen-bond acceptors (Lipinski definition) is 6. The average Bonchev–Trinajstić information content (AvgIpc) is 3.27. The van der Waals surface area contributed by atoms with E-state index in [-0.39, 0.29) is 17.7 Å². The van der Waals surface area contributed by atoms with E-state index in [1.165, 1.54) is 13.2 Å². The van der Waals surface area contributed by atoms with E-state index in [0.717, 1.165) is 5.56 Å². The van der Waals surface area contributed by atoms with Gasteiger partial charge in [0.2, 0.25) is 5.76 Å². The van der Waals surface area contributed by atoms with Crippen LogP contribution in [0.4, 0.5) is 16.2 Å². The van der Waals surface area contributed by atoms with E-state index in [2.05, 4.69) is 21.1 Å². The molecule has 3 rings (SSSR count). The number of nitrogens with zero attached hydrogens (tertiary/aromatic N) is 1. The zero-order valence-corrected chi connectivity index (χ0v) is 18.8. The number of amides is 3. The first-order valence-corrected chi connectivity index (χ1v) is 10.4. The molecule has 0 bridgehead atoms. The van der Waals surface area contributed by atoms with Crippen LogP contribution in [0.5, 0.6) is 0 Å². The number of benzene rings is 2. The summed E-state index contributed by atoms with van der Waals surface area (Å²) in [5, 5.41) is 12.1. The number of carbonyl (C=O) groups is 3. The second-order valence-electron chi connectivity index (χ2n) is 7.82. The minimum absolute atomic E-state index is 0.0284. The lowest BCUT2D eigenvalue weighted by atomic mass is 10.0. The number of aromatic nitrogens is 1. The van der Waals surface area contributed by atoms with Crippen LogP contribution in [0.25, 0.3) is 11.3 Å². The third kappa shape index (κ3) is 6.19. The number of urea groups is 1. The van der Waals surface area contributed by atoms with E-state index in [1.54, 1.807) is 38.1 Å². The van der Waals surface area contributed by atoms with Crippen molar-refractivity contribution in [3.8, 4) is 11.3 Å². The van der Waals surface area contributed by atoms with Gasteiger partial charge < -0.3 is 25.2 Å². The molecule has 0 aliphatic heterocycles. The molecule has 3 amide bonds. The molecule has 9 heteroatoms. The van der Waals surface area contributed by atoms with Gasteiger partial charge in [-0.3, -0.25) is 4.79 Å². The lowest BCUT2D eigenvalue weighted by Gasteiger charge is -2.18. The highest BCUT2D eigenvalue weighted by atomic mass is 16.5. The van der Waals surface area contributed by atoms with Crippen LogP contribution >= 0.6 is 0 Å². The minimum atomic E-state index is -0.799. The number of rotatable bonds is 7. The van der Waals surface area contributed by atoms with E-state index in [1.807, 2.05) is 31.2 Å². The van der Waals surface area contributed by atoms with Gasteiger partial charge in [-0.25, -0.2) is 9.59 Å². The topological polar surface area (TPSA) is 123 Å². The highest BCUT2D eigenvalue weighted by Crippen LogP contribution is 2.22. The molecule has 0 aliphatic rings. The van der Waals surface area contributed by atoms with Crippen LogP contribution in [0.2, 0.25) is 0 Å². The van der Waals surface area contributed by atoms with Crippen molar-refractivity contribution in [3.63, 3.8) is 0 Å². The first-order valence-electron chi connectivity index (χ1n) is 10.4. The third-order valence-electron chi connectivity index (χ3n) is 4.86. The summed E-state index contributed by atoms with van der Waals surface area (Å²) in [6.45, 7) is 5.54. The molecule has 1 heterocycles. The summed E-state index contributed by atoms with van der Waals surface area (Å²) >= 11 is 0. The van der Waals surface area contributed by atoms with Crippen molar-refractivity contribution in [2.75, 3.05) is 17.7 Å². The summed E-state index contributed by atoms with van der Waals surface area (Å²) < 4.78 is 9.88. The van der Waals surface area contributed by atoms with Gasteiger partial charge in [-0.2, -0.15) is 0 Å². The average molecular weight is 450 g/mol. The number of anilines is 2. The molecule has 0 radical (unpaired) electrons. The normalized spacial score (nSPS) is 11.5. The van der Waals surface area contributed by atoms with Crippen molar-refractivity contribution < 1.29 is 23.6 Å². The van der Waals surface area contributed by atoms with Crippen molar-refractivity contribution in [3.05, 3.63) is 65.9 Å². The lowest BCUT2D eigenvalue weighted by Crippen LogP contribution is -2.44. The van der Waals surface area contributed by atoms with Crippen molar-refractivity contribution in [1.82, 2.24) is 10.5 Å². The standard InChI is InChI=1S/C24H26N4O5/c1-14(2)21(23(30)32-4)27-22(29)20-13-19(28-33-20)16-8-10-17(11-9-16)25-24(31)26-18-7-5-6-15(3)12-18/h5-14,21H,1-4H3,(H,27,29)(H2,25,26,31)/t21-/m0/s1. The van der Waals surface area contributed by atoms with Crippen LogP contribution in [0.1, 0.15) is 30.0 Å². The first-order chi connectivity index (χ1) is 15.8. The molecule has 0 aliphatic carbocycles. The summed E-state index contributed by atoms with van der Waals surface area (Å²) in [7, 11) is 1.27. The number of methoxy groups -OCH3 is 1. The fraction of sp³-hybridized carbons (Fsp3) is 0.250. The fourth-order valence-electron chi connectivity index (χ4n) is 3.10. The van der Waals surface area contributed by atoms with Gasteiger partial charge in [0.1, 0.15) is 11.7 Å². The Balaban J connectivity index is 1.62. The molecule has 1 atom stereocenters. The van der Waals surface area contributed by atoms with Crippen LogP contribution in [0.3, 0.4) is 0 Å². The Morgan fingerprint density at radius 2 is 1.67 bits per heavy atom. The van der Waals surface area contributed by atoms with E-state index < -0.39 is 17.9 Å². The van der Waals surface area contributed by atoms with Gasteiger partial charge in [0.05, 0.1) is 7.11 Å². The molecule has 0 spiro atoms. The van der Waals surface area contributed by atoms with Crippen LogP contribution in [0, 0.1) is 12.8 Å². The quantitative estimate of drug-likeness (QED) is 0.463. The third-order valence-corrected chi connectivity index (χ3v) is 4.86. The summed E-state index contributed by atoms with van der Waals surface area (Å²) in [4.78, 5) is 36.5. The highest BCUT2D eigenvalue weighted by Gasteiger charge is 2.27. The molecule has 33 heavy (non-hydrogen) atoms. The van der Waals surface area contributed by atoms with E-state index in [4.69, 9.17) is 9.26 Å². The zero-order valence-electron chi connectivity index (χ0n) is 18.8. The molecule has 1 aromatic heterocycles. The number of ether oxygens (including phenoxy) is 1. The monoisotopic (exact) mass is 450 g/mol. The molecule has 0 saturated carbocycles. The number of aryl methyl sites for hydroxylation is 1. The molecule has 3 aromatic rings. The number of hydrogen-bond donors (Lipinski definition) is 3. The van der Waals surface area contributed by atoms with Crippen molar-refractivity contribution in [1.29, 1.82) is 0 Å². The van der Waals surface area contributed by atoms with E-state index in [9.17, 15) is 14.4 Å². The van der Waals surface area contributed by atoms with Crippen LogP contribution < -0.4 is 16.0 Å². The predicted octanol–water partition coefficient (Wildman–Crippen LogP) is 4.22. The second kappa shape index (κ2) is 10.4. The number of nitrogens with one attached hydrogen (secondary N) is 3. The SMILES string of the molecule is COC(=O)[C@@H](NC(=O)c1cc(-c2ccc(NC(=O)Nc3cccc(C)c3)cc2)no1)C(C)C. The van der Waals surface area contributed by atoms with E-state index >= 15 is 0 Å². The largest absolute Gasteiger partial charge is 0.467 e. The first kappa shape index (κ1) is 23.5. The van der Waals surface area contributed by atoms with Crippen molar-refractivity contribution in [2.45, 2.75) is 26.8 Å². The maximum atomic E-state index is 12.5. The Hall–Kier alpha value is -4.14. The molecule has 0 unspecified atom stereocenters. The van der Waals surface area contributed by atoms with Crippen LogP contribution in [-0.4, -0.2) is 36.2 Å². The predicted molar refractivity (Wildman–Crippen MR) is 124 cm³/mol. The molecule has 0 fully saturated rings. The lowest BCUT2D eigenvalue weighted by molar-refractivity contribution is -0.144. The molecule has 172 valence electrons. The van der Waals surface area contributed by atoms with Gasteiger partial charge in [-0.1, -0.05) is 43.3 Å². The van der Waals surface area contributed by atoms with Gasteiger partial charge in [-0.05, 0) is 42.7 Å². The molecular weight excluding hydrogens is 424 g/mol. The summed E-state index contributed by atoms with van der Waals surface area (Å²) in [5.74, 6) is -1.29. The number of esters is 1. The van der Waals surface area contributed by atoms with Crippen molar-refractivity contribution in [2.24, 2.45) is 5.92 Å².